The standard InChI is InChI=1S/C29H25ClF3N7O2S/c30-22-12-20(17-1-3-19(4-2-17)37-6-8-42-9-7-37)26(28(32)33)27-21(22)15-39(36-27)40(29-34-5-10-43-29)25(41)13-23-24-11-18(31)14-38(24)16-35-23/h1-5,10,12,15-16,18,28H,6-9,11,13-14H2/t18-/m1/s1. The molecule has 2 aromatic carbocycles. The highest BCUT2D eigenvalue weighted by atomic mass is 35.5. The molecule has 0 aliphatic carbocycles. The Morgan fingerprint density at radius 3 is 2.70 bits per heavy atom. The van der Waals surface area contributed by atoms with E-state index in [2.05, 4.69) is 20.0 Å². The second-order valence-electron chi connectivity index (χ2n) is 10.4. The van der Waals surface area contributed by atoms with Gasteiger partial charge in [-0.05, 0) is 29.3 Å². The number of hydrogen-bond donors (Lipinski definition) is 0. The molecule has 0 radical (unpaired) electrons. The summed E-state index contributed by atoms with van der Waals surface area (Å²) < 4.78 is 50.6. The van der Waals surface area contributed by atoms with Crippen LogP contribution in [0.2, 0.25) is 5.02 Å². The number of fused-ring (bicyclic) bond motifs is 2. The minimum atomic E-state index is -2.87. The van der Waals surface area contributed by atoms with Crippen molar-refractivity contribution >= 4 is 50.6 Å². The second-order valence-corrected chi connectivity index (χ2v) is 11.6. The Kier molecular flexibility index (Phi) is 7.31. The van der Waals surface area contributed by atoms with Gasteiger partial charge < -0.3 is 14.2 Å². The molecule has 1 saturated heterocycles. The Bertz CT molecular complexity index is 1790. The first-order valence-corrected chi connectivity index (χ1v) is 15.0. The zero-order chi connectivity index (χ0) is 29.7. The van der Waals surface area contributed by atoms with Gasteiger partial charge in [0.15, 0.2) is 0 Å². The summed E-state index contributed by atoms with van der Waals surface area (Å²) in [5, 5.41) is 8.14. The molecule has 5 heterocycles. The van der Waals surface area contributed by atoms with Crippen LogP contribution < -0.4 is 9.91 Å². The van der Waals surface area contributed by atoms with E-state index >= 15 is 0 Å². The number of alkyl halides is 3. The highest BCUT2D eigenvalue weighted by Gasteiger charge is 2.30. The van der Waals surface area contributed by atoms with Crippen molar-refractivity contribution in [3.63, 3.8) is 0 Å². The summed E-state index contributed by atoms with van der Waals surface area (Å²) in [6, 6.07) is 8.89. The maximum Gasteiger partial charge on any atom is 0.266 e. The fourth-order valence-electron chi connectivity index (χ4n) is 5.71. The molecular weight excluding hydrogens is 603 g/mol. The number of hydrogen-bond acceptors (Lipinski definition) is 7. The monoisotopic (exact) mass is 627 g/mol. The van der Waals surface area contributed by atoms with Crippen molar-refractivity contribution in [1.82, 2.24) is 24.4 Å². The van der Waals surface area contributed by atoms with E-state index in [1.54, 1.807) is 22.1 Å². The fourth-order valence-corrected chi connectivity index (χ4v) is 6.60. The third kappa shape index (κ3) is 5.15. The summed E-state index contributed by atoms with van der Waals surface area (Å²) in [5.74, 6) is -0.458. The number of anilines is 2. The van der Waals surface area contributed by atoms with E-state index in [4.69, 9.17) is 16.3 Å². The van der Waals surface area contributed by atoms with E-state index in [1.807, 2.05) is 12.1 Å². The van der Waals surface area contributed by atoms with Crippen molar-refractivity contribution in [2.45, 2.75) is 32.0 Å². The van der Waals surface area contributed by atoms with Gasteiger partial charge in [0.1, 0.15) is 11.7 Å². The van der Waals surface area contributed by atoms with Gasteiger partial charge in [0.05, 0.1) is 55.0 Å². The smallest absolute Gasteiger partial charge is 0.266 e. The maximum absolute atomic E-state index is 14.8. The molecule has 0 spiro atoms. The van der Waals surface area contributed by atoms with E-state index in [0.717, 1.165) is 18.8 Å². The number of aromatic nitrogens is 5. The molecule has 2 aliphatic heterocycles. The molecule has 0 bridgehead atoms. The predicted molar refractivity (Wildman–Crippen MR) is 158 cm³/mol. The van der Waals surface area contributed by atoms with Gasteiger partial charge in [-0.15, -0.1) is 11.3 Å². The topological polar surface area (TPSA) is 81.3 Å². The van der Waals surface area contributed by atoms with E-state index in [-0.39, 0.29) is 51.6 Å². The predicted octanol–water partition coefficient (Wildman–Crippen LogP) is 5.72. The van der Waals surface area contributed by atoms with Gasteiger partial charge in [-0.2, -0.15) is 14.9 Å². The highest BCUT2D eigenvalue weighted by Crippen LogP contribution is 2.41. The van der Waals surface area contributed by atoms with Crippen LogP contribution in [0.3, 0.4) is 0 Å². The van der Waals surface area contributed by atoms with Crippen LogP contribution in [-0.4, -0.2) is 62.8 Å². The fraction of sp³-hybridized carbons (Fsp3) is 0.310. The van der Waals surface area contributed by atoms with E-state index in [0.29, 0.717) is 30.2 Å². The molecule has 2 aliphatic rings. The van der Waals surface area contributed by atoms with Crippen LogP contribution in [0.5, 0.6) is 0 Å². The number of carbonyl (C=O) groups excluding carboxylic acids is 1. The molecule has 7 rings (SSSR count). The Morgan fingerprint density at radius 2 is 1.98 bits per heavy atom. The van der Waals surface area contributed by atoms with Crippen molar-refractivity contribution < 1.29 is 22.7 Å². The average Bonchev–Trinajstić information content (AvgIpc) is 3.81. The summed E-state index contributed by atoms with van der Waals surface area (Å²) in [7, 11) is 0. The van der Waals surface area contributed by atoms with Crippen LogP contribution in [0.1, 0.15) is 23.4 Å². The van der Waals surface area contributed by atoms with Crippen LogP contribution in [0.25, 0.3) is 22.0 Å². The molecule has 1 atom stereocenters. The van der Waals surface area contributed by atoms with E-state index < -0.39 is 18.5 Å². The molecule has 0 N–H and O–H groups in total. The quantitative estimate of drug-likeness (QED) is 0.230. The van der Waals surface area contributed by atoms with Gasteiger partial charge in [0.2, 0.25) is 5.13 Å². The molecule has 0 saturated carbocycles. The minimum absolute atomic E-state index is 0.0210. The summed E-state index contributed by atoms with van der Waals surface area (Å²) >= 11 is 7.86. The first-order valence-electron chi connectivity index (χ1n) is 13.7. The maximum atomic E-state index is 14.8. The first-order chi connectivity index (χ1) is 20.9. The lowest BCUT2D eigenvalue weighted by Crippen LogP contribution is -2.37. The second kappa shape index (κ2) is 11.3. The number of carbonyl (C=O) groups is 1. The number of ether oxygens (including phenoxy) is 1. The summed E-state index contributed by atoms with van der Waals surface area (Å²) in [6.45, 7) is 2.98. The molecule has 1 amide bonds. The SMILES string of the molecule is O=C(Cc1ncn2c1C[C@@H](F)C2)N(c1nccs1)n1cc2c(Cl)cc(-c3ccc(N4CCOCC4)cc3)c(C(F)F)c2n1. The molecular formula is C29H25ClF3N7O2S. The third-order valence-corrected chi connectivity index (χ3v) is 8.81. The number of rotatable bonds is 7. The number of thiazole rings is 1. The Morgan fingerprint density at radius 1 is 1.19 bits per heavy atom. The van der Waals surface area contributed by atoms with Crippen molar-refractivity contribution in [3.8, 4) is 11.1 Å². The molecule has 43 heavy (non-hydrogen) atoms. The summed E-state index contributed by atoms with van der Waals surface area (Å²) in [6.07, 6.45) is 0.624. The zero-order valence-electron chi connectivity index (χ0n) is 22.7. The van der Waals surface area contributed by atoms with Crippen LogP contribution in [0.15, 0.2) is 54.4 Å². The summed E-state index contributed by atoms with van der Waals surface area (Å²) in [5.41, 5.74) is 2.61. The van der Waals surface area contributed by atoms with Crippen molar-refractivity contribution in [2.75, 3.05) is 36.2 Å². The van der Waals surface area contributed by atoms with Crippen molar-refractivity contribution in [1.29, 1.82) is 0 Å². The Balaban J connectivity index is 1.27. The third-order valence-electron chi connectivity index (χ3n) is 7.75. The zero-order valence-corrected chi connectivity index (χ0v) is 24.2. The lowest BCUT2D eigenvalue weighted by Gasteiger charge is -2.29. The Hall–Kier alpha value is -3.94. The van der Waals surface area contributed by atoms with Crippen molar-refractivity contribution in [3.05, 3.63) is 76.4 Å². The number of nitrogens with zero attached hydrogens (tertiary/aromatic N) is 7. The van der Waals surface area contributed by atoms with E-state index in [9.17, 15) is 18.0 Å². The molecule has 3 aromatic heterocycles. The lowest BCUT2D eigenvalue weighted by atomic mass is 9.97. The number of benzene rings is 2. The molecule has 14 heteroatoms. The number of morpholine rings is 1. The molecule has 0 unspecified atom stereocenters. The first kappa shape index (κ1) is 27.9. The van der Waals surface area contributed by atoms with E-state index in [1.165, 1.54) is 45.9 Å². The molecule has 9 nitrogen and oxygen atoms in total. The van der Waals surface area contributed by atoms with Gasteiger partial charge in [0.25, 0.3) is 12.3 Å². The number of halogens is 4. The molecule has 5 aromatic rings. The summed E-state index contributed by atoms with van der Waals surface area (Å²) in [4.78, 5) is 25.7. The van der Waals surface area contributed by atoms with Gasteiger partial charge >= 0.3 is 0 Å². The van der Waals surface area contributed by atoms with Gasteiger partial charge in [-0.3, -0.25) is 4.79 Å². The normalized spacial score (nSPS) is 16.8. The van der Waals surface area contributed by atoms with Crippen LogP contribution in [-0.2, 0) is 28.9 Å². The van der Waals surface area contributed by atoms with Crippen LogP contribution >= 0.6 is 22.9 Å². The van der Waals surface area contributed by atoms with Crippen molar-refractivity contribution in [2.24, 2.45) is 0 Å². The largest absolute Gasteiger partial charge is 0.378 e. The molecule has 222 valence electrons. The van der Waals surface area contributed by atoms with Gasteiger partial charge in [-0.25, -0.2) is 23.1 Å². The lowest BCUT2D eigenvalue weighted by molar-refractivity contribution is -0.118. The average molecular weight is 628 g/mol. The molecule has 1 fully saturated rings. The number of amides is 1. The highest BCUT2D eigenvalue weighted by molar-refractivity contribution is 7.13. The number of imidazole rings is 1. The van der Waals surface area contributed by atoms with Gasteiger partial charge in [-0.1, -0.05) is 23.7 Å². The van der Waals surface area contributed by atoms with Crippen LogP contribution in [0.4, 0.5) is 24.0 Å². The van der Waals surface area contributed by atoms with Crippen LogP contribution in [0, 0.1) is 0 Å². The minimum Gasteiger partial charge on any atom is -0.378 e. The Labute approximate surface area is 253 Å². The van der Waals surface area contributed by atoms with Gasteiger partial charge in [0, 0.05) is 47.9 Å².